The first-order valence-corrected chi connectivity index (χ1v) is 9.90. The van der Waals surface area contributed by atoms with E-state index in [4.69, 9.17) is 0 Å². The molecule has 0 saturated carbocycles. The standard InChI is InChI=1S/C19H29N3O2S/c1-6-10-11-14(7-2)17(23)21-18-15(12-20)13(5)16(25-18)19(24)22(8-3)9-4/h14H,6-11H2,1-5H3,(H,21,23)/t14-/m0/s1. The number of unbranched alkanes of at least 4 members (excludes halogenated alkanes) is 1. The van der Waals surface area contributed by atoms with Crippen molar-refractivity contribution in [2.75, 3.05) is 18.4 Å². The highest BCUT2D eigenvalue weighted by molar-refractivity contribution is 7.18. The third-order valence-electron chi connectivity index (χ3n) is 4.51. The summed E-state index contributed by atoms with van der Waals surface area (Å²) in [7, 11) is 0. The van der Waals surface area contributed by atoms with E-state index in [0.717, 1.165) is 25.7 Å². The largest absolute Gasteiger partial charge is 0.338 e. The van der Waals surface area contributed by atoms with Crippen LogP contribution >= 0.6 is 11.3 Å². The van der Waals surface area contributed by atoms with E-state index < -0.39 is 0 Å². The molecule has 0 unspecified atom stereocenters. The minimum atomic E-state index is -0.0810. The van der Waals surface area contributed by atoms with Gasteiger partial charge < -0.3 is 10.2 Å². The van der Waals surface area contributed by atoms with E-state index in [0.29, 0.717) is 34.1 Å². The number of carbonyl (C=O) groups is 2. The molecule has 0 spiro atoms. The predicted octanol–water partition coefficient (Wildman–Crippen LogP) is 4.57. The van der Waals surface area contributed by atoms with Gasteiger partial charge in [-0.1, -0.05) is 26.7 Å². The zero-order valence-electron chi connectivity index (χ0n) is 15.9. The second-order valence-corrected chi connectivity index (χ2v) is 7.11. The van der Waals surface area contributed by atoms with E-state index in [1.807, 2.05) is 20.8 Å². The molecule has 0 fully saturated rings. The van der Waals surface area contributed by atoms with Crippen LogP contribution < -0.4 is 5.32 Å². The molecule has 0 saturated heterocycles. The maximum Gasteiger partial charge on any atom is 0.264 e. The molecule has 1 N–H and O–H groups in total. The van der Waals surface area contributed by atoms with Crippen LogP contribution in [0.15, 0.2) is 0 Å². The van der Waals surface area contributed by atoms with Gasteiger partial charge in [-0.05, 0) is 39.2 Å². The summed E-state index contributed by atoms with van der Waals surface area (Å²) >= 11 is 1.21. The number of hydrogen-bond acceptors (Lipinski definition) is 4. The lowest BCUT2D eigenvalue weighted by atomic mass is 9.98. The van der Waals surface area contributed by atoms with Gasteiger partial charge in [-0.15, -0.1) is 11.3 Å². The number of anilines is 1. The van der Waals surface area contributed by atoms with Crippen molar-refractivity contribution in [3.05, 3.63) is 16.0 Å². The van der Waals surface area contributed by atoms with Crippen molar-refractivity contribution in [2.45, 2.75) is 60.3 Å². The number of carbonyl (C=O) groups excluding carboxylic acids is 2. The Kier molecular flexibility index (Phi) is 8.64. The van der Waals surface area contributed by atoms with Crippen LogP contribution in [0.3, 0.4) is 0 Å². The Bertz CT molecular complexity index is 642. The fourth-order valence-corrected chi connectivity index (χ4v) is 3.91. The summed E-state index contributed by atoms with van der Waals surface area (Å²) in [4.78, 5) is 27.4. The van der Waals surface area contributed by atoms with Crippen LogP contribution in [-0.4, -0.2) is 29.8 Å². The smallest absolute Gasteiger partial charge is 0.264 e. The van der Waals surface area contributed by atoms with E-state index in [1.54, 1.807) is 11.8 Å². The molecule has 0 bridgehead atoms. The van der Waals surface area contributed by atoms with E-state index in [1.165, 1.54) is 11.3 Å². The minimum Gasteiger partial charge on any atom is -0.338 e. The molecule has 0 aromatic carbocycles. The van der Waals surface area contributed by atoms with E-state index in [2.05, 4.69) is 18.3 Å². The van der Waals surface area contributed by atoms with Gasteiger partial charge in [0, 0.05) is 19.0 Å². The van der Waals surface area contributed by atoms with Crippen LogP contribution in [0.25, 0.3) is 0 Å². The fourth-order valence-electron chi connectivity index (χ4n) is 2.78. The Hall–Kier alpha value is -1.87. The molecule has 2 amide bonds. The molecule has 1 aromatic heterocycles. The molecule has 1 atom stereocenters. The molecule has 0 aliphatic rings. The van der Waals surface area contributed by atoms with Crippen molar-refractivity contribution in [3.8, 4) is 6.07 Å². The van der Waals surface area contributed by atoms with Crippen molar-refractivity contribution in [1.29, 1.82) is 5.26 Å². The maximum atomic E-state index is 12.6. The number of nitrogens with zero attached hydrogens (tertiary/aromatic N) is 2. The van der Waals surface area contributed by atoms with E-state index in [9.17, 15) is 14.9 Å². The van der Waals surface area contributed by atoms with Crippen LogP contribution in [0.5, 0.6) is 0 Å². The molecular weight excluding hydrogens is 334 g/mol. The van der Waals surface area contributed by atoms with Crippen LogP contribution in [0.4, 0.5) is 5.00 Å². The second kappa shape index (κ2) is 10.2. The lowest BCUT2D eigenvalue weighted by Crippen LogP contribution is -2.30. The van der Waals surface area contributed by atoms with Crippen molar-refractivity contribution >= 4 is 28.2 Å². The molecule has 1 rings (SSSR count). The van der Waals surface area contributed by atoms with Gasteiger partial charge in [0.1, 0.15) is 11.1 Å². The van der Waals surface area contributed by atoms with Gasteiger partial charge in [0.05, 0.1) is 10.4 Å². The van der Waals surface area contributed by atoms with E-state index >= 15 is 0 Å². The van der Waals surface area contributed by atoms with Gasteiger partial charge in [0.15, 0.2) is 0 Å². The molecule has 0 aliphatic carbocycles. The van der Waals surface area contributed by atoms with Crippen LogP contribution in [-0.2, 0) is 4.79 Å². The maximum absolute atomic E-state index is 12.6. The van der Waals surface area contributed by atoms with Gasteiger partial charge in [-0.3, -0.25) is 9.59 Å². The molecule has 138 valence electrons. The molecule has 0 aliphatic heterocycles. The lowest BCUT2D eigenvalue weighted by Gasteiger charge is -2.17. The normalized spacial score (nSPS) is 11.7. The topological polar surface area (TPSA) is 73.2 Å². The second-order valence-electron chi connectivity index (χ2n) is 6.09. The monoisotopic (exact) mass is 363 g/mol. The van der Waals surface area contributed by atoms with Crippen molar-refractivity contribution in [3.63, 3.8) is 0 Å². The Labute approximate surface area is 155 Å². The Morgan fingerprint density at radius 3 is 2.36 bits per heavy atom. The molecular formula is C19H29N3O2S. The highest BCUT2D eigenvalue weighted by Gasteiger charge is 2.25. The summed E-state index contributed by atoms with van der Waals surface area (Å²) in [6.45, 7) is 11.0. The van der Waals surface area contributed by atoms with Crippen LogP contribution in [0.1, 0.15) is 74.2 Å². The first kappa shape index (κ1) is 21.2. The third kappa shape index (κ3) is 5.05. The average Bonchev–Trinajstić information content (AvgIpc) is 2.91. The zero-order chi connectivity index (χ0) is 19.0. The van der Waals surface area contributed by atoms with Gasteiger partial charge in [-0.2, -0.15) is 5.26 Å². The number of nitriles is 1. The molecule has 0 radical (unpaired) electrons. The first-order chi connectivity index (χ1) is 11.9. The zero-order valence-corrected chi connectivity index (χ0v) is 16.8. The quantitative estimate of drug-likeness (QED) is 0.698. The minimum absolute atomic E-state index is 0.0594. The SMILES string of the molecule is CCCC[C@H](CC)C(=O)Nc1sc(C(=O)N(CC)CC)c(C)c1C#N. The molecule has 5 nitrogen and oxygen atoms in total. The van der Waals surface area contributed by atoms with Gasteiger partial charge in [-0.25, -0.2) is 0 Å². The molecule has 1 heterocycles. The predicted molar refractivity (Wildman–Crippen MR) is 103 cm³/mol. The lowest BCUT2D eigenvalue weighted by molar-refractivity contribution is -0.120. The summed E-state index contributed by atoms with van der Waals surface area (Å²) < 4.78 is 0. The van der Waals surface area contributed by atoms with Gasteiger partial charge in [0.2, 0.25) is 5.91 Å². The summed E-state index contributed by atoms with van der Waals surface area (Å²) in [5.41, 5.74) is 1.06. The molecule has 6 heteroatoms. The number of rotatable bonds is 9. The van der Waals surface area contributed by atoms with Gasteiger partial charge in [0.25, 0.3) is 5.91 Å². The van der Waals surface area contributed by atoms with Crippen molar-refractivity contribution in [1.82, 2.24) is 4.90 Å². The number of amides is 2. The third-order valence-corrected chi connectivity index (χ3v) is 5.71. The highest BCUT2D eigenvalue weighted by atomic mass is 32.1. The fraction of sp³-hybridized carbons (Fsp3) is 0.632. The number of hydrogen-bond donors (Lipinski definition) is 1. The summed E-state index contributed by atoms with van der Waals surface area (Å²) in [5, 5.41) is 12.9. The Morgan fingerprint density at radius 2 is 1.88 bits per heavy atom. The summed E-state index contributed by atoms with van der Waals surface area (Å²) in [6.07, 6.45) is 3.67. The first-order valence-electron chi connectivity index (χ1n) is 9.08. The van der Waals surface area contributed by atoms with Crippen molar-refractivity contribution in [2.24, 2.45) is 5.92 Å². The molecule has 1 aromatic rings. The van der Waals surface area contributed by atoms with Crippen LogP contribution in [0.2, 0.25) is 0 Å². The number of thiophene rings is 1. The van der Waals surface area contributed by atoms with E-state index in [-0.39, 0.29) is 17.7 Å². The molecule has 25 heavy (non-hydrogen) atoms. The van der Waals surface area contributed by atoms with Crippen molar-refractivity contribution < 1.29 is 9.59 Å². The Morgan fingerprint density at radius 1 is 1.24 bits per heavy atom. The average molecular weight is 364 g/mol. The highest BCUT2D eigenvalue weighted by Crippen LogP contribution is 2.34. The Balaban J connectivity index is 3.09. The van der Waals surface area contributed by atoms with Gasteiger partial charge >= 0.3 is 0 Å². The summed E-state index contributed by atoms with van der Waals surface area (Å²) in [6, 6.07) is 2.14. The van der Waals surface area contributed by atoms with Crippen LogP contribution in [0, 0.1) is 24.2 Å². The number of nitrogens with one attached hydrogen (secondary N) is 1. The summed E-state index contributed by atoms with van der Waals surface area (Å²) in [5.74, 6) is -0.200.